The van der Waals surface area contributed by atoms with Gasteiger partial charge in [-0.3, -0.25) is 0 Å². The normalized spacial score (nSPS) is 17.0. The highest BCUT2D eigenvalue weighted by Gasteiger charge is 2.32. The lowest BCUT2D eigenvalue weighted by Crippen LogP contribution is -2.29. The molecule has 0 radical (unpaired) electrons. The molecule has 118 valence electrons. The van der Waals surface area contributed by atoms with Crippen LogP contribution in [0.25, 0.3) is 0 Å². The van der Waals surface area contributed by atoms with Crippen LogP contribution in [0.15, 0.2) is 18.2 Å². The van der Waals surface area contributed by atoms with E-state index in [2.05, 4.69) is 5.32 Å². The van der Waals surface area contributed by atoms with Gasteiger partial charge in [0.1, 0.15) is 5.82 Å². The van der Waals surface area contributed by atoms with Gasteiger partial charge in [-0.05, 0) is 49.1 Å². The van der Waals surface area contributed by atoms with Gasteiger partial charge in [0.2, 0.25) is 0 Å². The second kappa shape index (κ2) is 6.75. The standard InChI is InChI=1S/C15H20F4N2/c16-13-7-11(6-12(8-13)15(17,18)19)14(9-20)21-5-1-2-10-3-4-10/h6-8,10,14,21H,1-5,9,20H2. The average Bonchev–Trinajstić information content (AvgIpc) is 3.21. The van der Waals surface area contributed by atoms with Crippen LogP contribution in [0.1, 0.15) is 42.9 Å². The number of halogens is 4. The SMILES string of the molecule is NCC(NCCCC1CC1)c1cc(F)cc(C(F)(F)F)c1. The molecule has 2 nitrogen and oxygen atoms in total. The van der Waals surface area contributed by atoms with Crippen LogP contribution in [0.5, 0.6) is 0 Å². The molecular weight excluding hydrogens is 284 g/mol. The molecular formula is C15H20F4N2. The van der Waals surface area contributed by atoms with Crippen molar-refractivity contribution in [3.63, 3.8) is 0 Å². The molecule has 2 rings (SSSR count). The number of nitrogens with one attached hydrogen (secondary N) is 1. The Hall–Kier alpha value is -1.14. The van der Waals surface area contributed by atoms with Crippen molar-refractivity contribution in [2.24, 2.45) is 11.7 Å². The summed E-state index contributed by atoms with van der Waals surface area (Å²) in [7, 11) is 0. The van der Waals surface area contributed by atoms with Crippen LogP contribution in [0, 0.1) is 11.7 Å². The number of hydrogen-bond donors (Lipinski definition) is 2. The second-order valence-corrected chi connectivity index (χ2v) is 5.60. The van der Waals surface area contributed by atoms with Crippen molar-refractivity contribution in [2.75, 3.05) is 13.1 Å². The quantitative estimate of drug-likeness (QED) is 0.596. The van der Waals surface area contributed by atoms with Crippen LogP contribution in [0.4, 0.5) is 17.6 Å². The van der Waals surface area contributed by atoms with Gasteiger partial charge in [-0.2, -0.15) is 13.2 Å². The monoisotopic (exact) mass is 304 g/mol. The lowest BCUT2D eigenvalue weighted by Gasteiger charge is -2.19. The number of rotatable bonds is 7. The summed E-state index contributed by atoms with van der Waals surface area (Å²) in [6, 6.07) is 2.13. The molecule has 0 spiro atoms. The maximum atomic E-state index is 13.4. The molecule has 0 aromatic heterocycles. The number of benzene rings is 1. The molecule has 0 saturated heterocycles. The highest BCUT2D eigenvalue weighted by molar-refractivity contribution is 5.29. The number of hydrogen-bond acceptors (Lipinski definition) is 2. The largest absolute Gasteiger partial charge is 0.416 e. The Bertz CT molecular complexity index is 469. The molecule has 1 saturated carbocycles. The maximum absolute atomic E-state index is 13.4. The highest BCUT2D eigenvalue weighted by Crippen LogP contribution is 2.33. The van der Waals surface area contributed by atoms with E-state index < -0.39 is 23.6 Å². The van der Waals surface area contributed by atoms with Crippen LogP contribution in [-0.2, 0) is 6.18 Å². The van der Waals surface area contributed by atoms with Crippen molar-refractivity contribution in [2.45, 2.75) is 37.9 Å². The zero-order valence-corrected chi connectivity index (χ0v) is 11.7. The molecule has 1 unspecified atom stereocenters. The molecule has 1 aromatic rings. The first kappa shape index (κ1) is 16.2. The van der Waals surface area contributed by atoms with E-state index in [0.717, 1.165) is 30.9 Å². The van der Waals surface area contributed by atoms with Crippen molar-refractivity contribution in [3.05, 3.63) is 35.1 Å². The van der Waals surface area contributed by atoms with E-state index in [9.17, 15) is 17.6 Å². The summed E-state index contributed by atoms with van der Waals surface area (Å²) in [6.45, 7) is 0.806. The van der Waals surface area contributed by atoms with Gasteiger partial charge in [0.25, 0.3) is 0 Å². The molecule has 1 aliphatic carbocycles. The minimum atomic E-state index is -4.55. The maximum Gasteiger partial charge on any atom is 0.416 e. The highest BCUT2D eigenvalue weighted by atomic mass is 19.4. The van der Waals surface area contributed by atoms with Crippen LogP contribution in [0.3, 0.4) is 0 Å². The summed E-state index contributed by atoms with van der Waals surface area (Å²) in [4.78, 5) is 0. The van der Waals surface area contributed by atoms with Gasteiger partial charge < -0.3 is 11.1 Å². The van der Waals surface area contributed by atoms with Crippen molar-refractivity contribution >= 4 is 0 Å². The minimum absolute atomic E-state index is 0.129. The van der Waals surface area contributed by atoms with E-state index in [1.807, 2.05) is 0 Å². The van der Waals surface area contributed by atoms with E-state index >= 15 is 0 Å². The summed E-state index contributed by atoms with van der Waals surface area (Å²) in [6.07, 6.45) is 0.0874. The Balaban J connectivity index is 2.00. The van der Waals surface area contributed by atoms with Crippen LogP contribution in [-0.4, -0.2) is 13.1 Å². The zero-order chi connectivity index (χ0) is 15.5. The first-order valence-corrected chi connectivity index (χ1v) is 7.21. The molecule has 0 amide bonds. The zero-order valence-electron chi connectivity index (χ0n) is 11.7. The van der Waals surface area contributed by atoms with Crippen LogP contribution in [0.2, 0.25) is 0 Å². The summed E-state index contributed by atoms with van der Waals surface area (Å²) in [5, 5.41) is 3.12. The molecule has 1 fully saturated rings. The molecule has 1 atom stereocenters. The Morgan fingerprint density at radius 2 is 1.95 bits per heavy atom. The third kappa shape index (κ3) is 4.97. The lowest BCUT2D eigenvalue weighted by molar-refractivity contribution is -0.137. The van der Waals surface area contributed by atoms with Crippen molar-refractivity contribution < 1.29 is 17.6 Å². The summed E-state index contributed by atoms with van der Waals surface area (Å²) < 4.78 is 51.5. The fraction of sp³-hybridized carbons (Fsp3) is 0.600. The summed E-state index contributed by atoms with van der Waals surface area (Å²) >= 11 is 0. The van der Waals surface area contributed by atoms with Crippen LogP contribution < -0.4 is 11.1 Å². The molecule has 1 aromatic carbocycles. The topological polar surface area (TPSA) is 38.0 Å². The lowest BCUT2D eigenvalue weighted by atomic mass is 10.0. The molecule has 6 heteroatoms. The Morgan fingerprint density at radius 1 is 1.24 bits per heavy atom. The predicted molar refractivity (Wildman–Crippen MR) is 73.2 cm³/mol. The first-order valence-electron chi connectivity index (χ1n) is 7.21. The van der Waals surface area contributed by atoms with Crippen molar-refractivity contribution in [3.8, 4) is 0 Å². The number of alkyl halides is 3. The molecule has 0 aliphatic heterocycles. The first-order chi connectivity index (χ1) is 9.90. The smallest absolute Gasteiger partial charge is 0.329 e. The molecule has 1 aliphatic rings. The Kier molecular flexibility index (Phi) is 5.22. The summed E-state index contributed by atoms with van der Waals surface area (Å²) in [5.41, 5.74) is 4.87. The fourth-order valence-electron chi connectivity index (χ4n) is 2.39. The van der Waals surface area contributed by atoms with E-state index in [0.29, 0.717) is 12.6 Å². The van der Waals surface area contributed by atoms with Gasteiger partial charge >= 0.3 is 6.18 Å². The predicted octanol–water partition coefficient (Wildman–Crippen LogP) is 3.62. The van der Waals surface area contributed by atoms with Gasteiger partial charge in [-0.1, -0.05) is 12.8 Å². The fourth-order valence-corrected chi connectivity index (χ4v) is 2.39. The second-order valence-electron chi connectivity index (χ2n) is 5.60. The van der Waals surface area contributed by atoms with Gasteiger partial charge in [0.05, 0.1) is 5.56 Å². The average molecular weight is 304 g/mol. The van der Waals surface area contributed by atoms with Gasteiger partial charge in [0, 0.05) is 12.6 Å². The van der Waals surface area contributed by atoms with E-state index in [1.54, 1.807) is 0 Å². The van der Waals surface area contributed by atoms with Crippen LogP contribution >= 0.6 is 0 Å². The Labute approximate surface area is 121 Å². The molecule has 0 bridgehead atoms. The van der Waals surface area contributed by atoms with E-state index in [-0.39, 0.29) is 12.1 Å². The molecule has 0 heterocycles. The third-order valence-electron chi connectivity index (χ3n) is 3.76. The van der Waals surface area contributed by atoms with Gasteiger partial charge in [-0.25, -0.2) is 4.39 Å². The molecule has 21 heavy (non-hydrogen) atoms. The van der Waals surface area contributed by atoms with Crippen molar-refractivity contribution in [1.29, 1.82) is 0 Å². The Morgan fingerprint density at radius 3 is 2.52 bits per heavy atom. The summed E-state index contributed by atoms with van der Waals surface area (Å²) in [5.74, 6) is -0.0767. The van der Waals surface area contributed by atoms with E-state index in [4.69, 9.17) is 5.73 Å². The molecule has 3 N–H and O–H groups in total. The number of nitrogens with two attached hydrogens (primary N) is 1. The van der Waals surface area contributed by atoms with Crippen molar-refractivity contribution in [1.82, 2.24) is 5.32 Å². The third-order valence-corrected chi connectivity index (χ3v) is 3.76. The van der Waals surface area contributed by atoms with E-state index in [1.165, 1.54) is 12.8 Å². The van der Waals surface area contributed by atoms with Gasteiger partial charge in [0.15, 0.2) is 0 Å². The van der Waals surface area contributed by atoms with Gasteiger partial charge in [-0.15, -0.1) is 0 Å². The minimum Gasteiger partial charge on any atom is -0.329 e.